The summed E-state index contributed by atoms with van der Waals surface area (Å²) in [6, 6.07) is 18.7. The first-order chi connectivity index (χ1) is 16.3. The third-order valence-electron chi connectivity index (χ3n) is 5.52. The Bertz CT molecular complexity index is 1290. The van der Waals surface area contributed by atoms with Crippen LogP contribution in [0, 0.1) is 6.92 Å². The number of ether oxygens (including phenoxy) is 3. The molecule has 178 valence electrons. The third kappa shape index (κ3) is 4.65. The summed E-state index contributed by atoms with van der Waals surface area (Å²) in [6.45, 7) is 1.94. The van der Waals surface area contributed by atoms with E-state index in [0.29, 0.717) is 22.9 Å². The molecule has 1 N–H and O–H groups in total. The van der Waals surface area contributed by atoms with Crippen molar-refractivity contribution >= 4 is 21.6 Å². The van der Waals surface area contributed by atoms with Gasteiger partial charge in [0.15, 0.2) is 17.6 Å². The molecule has 8 nitrogen and oxygen atoms in total. The molecule has 1 heterocycles. The van der Waals surface area contributed by atoms with Gasteiger partial charge in [-0.25, -0.2) is 8.42 Å². The molecule has 0 saturated heterocycles. The highest BCUT2D eigenvalue weighted by atomic mass is 32.2. The van der Waals surface area contributed by atoms with Crippen LogP contribution in [0.15, 0.2) is 71.6 Å². The number of hydrogen-bond donors (Lipinski definition) is 1. The number of amides is 1. The first-order valence-corrected chi connectivity index (χ1v) is 12.1. The SMILES string of the molecule is COc1ccc(CNC(=O)C2CN(S(=O)(=O)c3ccccc3)c3ccc(C)cc3O2)cc1OC. The van der Waals surface area contributed by atoms with Crippen molar-refractivity contribution in [1.82, 2.24) is 5.32 Å². The monoisotopic (exact) mass is 482 g/mol. The molecule has 1 aliphatic heterocycles. The minimum atomic E-state index is -3.90. The Morgan fingerprint density at radius 3 is 2.47 bits per heavy atom. The molecule has 0 radical (unpaired) electrons. The number of carbonyl (C=O) groups excluding carboxylic acids is 1. The van der Waals surface area contributed by atoms with Gasteiger partial charge < -0.3 is 19.5 Å². The largest absolute Gasteiger partial charge is 0.493 e. The molecule has 0 aliphatic carbocycles. The Balaban J connectivity index is 1.58. The zero-order valence-corrected chi connectivity index (χ0v) is 20.0. The minimum absolute atomic E-state index is 0.146. The average molecular weight is 483 g/mol. The predicted octanol–water partition coefficient (Wildman–Crippen LogP) is 3.28. The van der Waals surface area contributed by atoms with Crippen LogP contribution in [-0.2, 0) is 21.4 Å². The van der Waals surface area contributed by atoms with E-state index in [1.807, 2.05) is 19.1 Å². The van der Waals surface area contributed by atoms with Crippen LogP contribution in [-0.4, -0.2) is 41.2 Å². The van der Waals surface area contributed by atoms with Crippen LogP contribution >= 0.6 is 0 Å². The molecule has 3 aromatic carbocycles. The van der Waals surface area contributed by atoms with Gasteiger partial charge in [-0.3, -0.25) is 9.10 Å². The van der Waals surface area contributed by atoms with Crippen molar-refractivity contribution in [3.05, 3.63) is 77.9 Å². The fourth-order valence-corrected chi connectivity index (χ4v) is 5.24. The number of nitrogens with one attached hydrogen (secondary N) is 1. The molecule has 0 saturated carbocycles. The van der Waals surface area contributed by atoms with Crippen molar-refractivity contribution in [2.24, 2.45) is 0 Å². The molecule has 0 bridgehead atoms. The van der Waals surface area contributed by atoms with Crippen molar-refractivity contribution in [2.75, 3.05) is 25.1 Å². The highest BCUT2D eigenvalue weighted by Crippen LogP contribution is 2.37. The number of aryl methyl sites for hydroxylation is 1. The molecule has 9 heteroatoms. The number of rotatable bonds is 7. The lowest BCUT2D eigenvalue weighted by atomic mass is 10.1. The van der Waals surface area contributed by atoms with Crippen LogP contribution < -0.4 is 23.8 Å². The summed E-state index contributed by atoms with van der Waals surface area (Å²) in [6.07, 6.45) is -1.02. The molecule has 4 rings (SSSR count). The van der Waals surface area contributed by atoms with E-state index in [9.17, 15) is 13.2 Å². The first kappa shape index (κ1) is 23.4. The second-order valence-electron chi connectivity index (χ2n) is 7.83. The summed E-state index contributed by atoms with van der Waals surface area (Å²) in [4.78, 5) is 13.2. The molecular weight excluding hydrogens is 456 g/mol. The number of methoxy groups -OCH3 is 2. The van der Waals surface area contributed by atoms with Gasteiger partial charge in [-0.15, -0.1) is 0 Å². The predicted molar refractivity (Wildman–Crippen MR) is 128 cm³/mol. The molecule has 3 aromatic rings. The van der Waals surface area contributed by atoms with Gasteiger partial charge in [0.05, 0.1) is 31.3 Å². The van der Waals surface area contributed by atoms with E-state index in [4.69, 9.17) is 14.2 Å². The number of nitrogens with zero attached hydrogens (tertiary/aromatic N) is 1. The summed E-state index contributed by atoms with van der Waals surface area (Å²) < 4.78 is 44.6. The molecule has 1 aliphatic rings. The molecule has 0 fully saturated rings. The van der Waals surface area contributed by atoms with Crippen molar-refractivity contribution in [2.45, 2.75) is 24.5 Å². The number of carbonyl (C=O) groups is 1. The van der Waals surface area contributed by atoms with Crippen molar-refractivity contribution in [1.29, 1.82) is 0 Å². The van der Waals surface area contributed by atoms with Gasteiger partial charge in [-0.2, -0.15) is 0 Å². The Morgan fingerprint density at radius 2 is 1.76 bits per heavy atom. The highest BCUT2D eigenvalue weighted by Gasteiger charge is 2.37. The summed E-state index contributed by atoms with van der Waals surface area (Å²) in [5.74, 6) is 1.06. The smallest absolute Gasteiger partial charge is 0.264 e. The molecule has 1 atom stereocenters. The molecule has 34 heavy (non-hydrogen) atoms. The van der Waals surface area contributed by atoms with Crippen LogP contribution in [0.5, 0.6) is 17.2 Å². The summed E-state index contributed by atoms with van der Waals surface area (Å²) >= 11 is 0. The topological polar surface area (TPSA) is 94.2 Å². The zero-order valence-electron chi connectivity index (χ0n) is 19.1. The lowest BCUT2D eigenvalue weighted by Crippen LogP contribution is -2.50. The van der Waals surface area contributed by atoms with E-state index in [1.54, 1.807) is 49.6 Å². The van der Waals surface area contributed by atoms with Crippen LogP contribution in [0.2, 0.25) is 0 Å². The second-order valence-corrected chi connectivity index (χ2v) is 9.70. The van der Waals surface area contributed by atoms with Gasteiger partial charge in [0.25, 0.3) is 15.9 Å². The van der Waals surface area contributed by atoms with Crippen LogP contribution in [0.25, 0.3) is 0 Å². The Hall–Kier alpha value is -3.72. The normalized spacial score (nSPS) is 15.1. The van der Waals surface area contributed by atoms with Gasteiger partial charge in [0, 0.05) is 6.54 Å². The third-order valence-corrected chi connectivity index (χ3v) is 7.32. The number of benzene rings is 3. The van der Waals surface area contributed by atoms with Crippen molar-refractivity contribution < 1.29 is 27.4 Å². The summed E-state index contributed by atoms with van der Waals surface area (Å²) in [5, 5.41) is 2.83. The van der Waals surface area contributed by atoms with E-state index in [2.05, 4.69) is 5.32 Å². The lowest BCUT2D eigenvalue weighted by Gasteiger charge is -2.35. The maximum atomic E-state index is 13.4. The Morgan fingerprint density at radius 1 is 1.03 bits per heavy atom. The second kappa shape index (κ2) is 9.64. The van der Waals surface area contributed by atoms with E-state index in [1.165, 1.54) is 23.5 Å². The maximum Gasteiger partial charge on any atom is 0.264 e. The molecule has 1 amide bonds. The number of hydrogen-bond acceptors (Lipinski definition) is 6. The van der Waals surface area contributed by atoms with E-state index >= 15 is 0 Å². The van der Waals surface area contributed by atoms with Gasteiger partial charge in [-0.1, -0.05) is 30.3 Å². The van der Waals surface area contributed by atoms with E-state index < -0.39 is 22.0 Å². The van der Waals surface area contributed by atoms with Crippen molar-refractivity contribution in [3.8, 4) is 17.2 Å². The van der Waals surface area contributed by atoms with Crippen molar-refractivity contribution in [3.63, 3.8) is 0 Å². The van der Waals surface area contributed by atoms with Gasteiger partial charge in [0.1, 0.15) is 5.75 Å². The standard InChI is InChI=1S/C25H26N2O6S/c1-17-9-11-20-22(13-17)33-24(16-27(20)34(29,30)19-7-5-4-6-8-19)25(28)26-15-18-10-12-21(31-2)23(14-18)32-3/h4-14,24H,15-16H2,1-3H3,(H,26,28). The fraction of sp³-hybridized carbons (Fsp3) is 0.240. The zero-order chi connectivity index (χ0) is 24.3. The molecule has 1 unspecified atom stereocenters. The summed E-state index contributed by atoms with van der Waals surface area (Å²) in [5.41, 5.74) is 2.09. The number of anilines is 1. The average Bonchev–Trinajstić information content (AvgIpc) is 2.86. The molecular formula is C25H26N2O6S. The van der Waals surface area contributed by atoms with Gasteiger partial charge in [0.2, 0.25) is 0 Å². The van der Waals surface area contributed by atoms with Gasteiger partial charge in [-0.05, 0) is 54.4 Å². The number of fused-ring (bicyclic) bond motifs is 1. The first-order valence-electron chi connectivity index (χ1n) is 10.7. The van der Waals surface area contributed by atoms with Crippen LogP contribution in [0.3, 0.4) is 0 Å². The quantitative estimate of drug-likeness (QED) is 0.556. The van der Waals surface area contributed by atoms with Gasteiger partial charge >= 0.3 is 0 Å². The molecule has 0 aromatic heterocycles. The van der Waals surface area contributed by atoms with E-state index in [-0.39, 0.29) is 18.0 Å². The highest BCUT2D eigenvalue weighted by molar-refractivity contribution is 7.92. The Kier molecular flexibility index (Phi) is 6.65. The summed E-state index contributed by atoms with van der Waals surface area (Å²) in [7, 11) is -0.807. The Labute approximate surface area is 199 Å². The minimum Gasteiger partial charge on any atom is -0.493 e. The van der Waals surface area contributed by atoms with E-state index in [0.717, 1.165) is 11.1 Å². The fourth-order valence-electron chi connectivity index (χ4n) is 3.74. The number of sulfonamides is 1. The maximum absolute atomic E-state index is 13.4. The van der Waals surface area contributed by atoms with Crippen LogP contribution in [0.1, 0.15) is 11.1 Å². The molecule has 0 spiro atoms. The lowest BCUT2D eigenvalue weighted by molar-refractivity contribution is -0.127. The van der Waals surface area contributed by atoms with Crippen LogP contribution in [0.4, 0.5) is 5.69 Å².